The van der Waals surface area contributed by atoms with E-state index < -0.39 is 0 Å². The third-order valence-electron chi connectivity index (χ3n) is 5.06. The van der Waals surface area contributed by atoms with E-state index in [2.05, 4.69) is 84.7 Å². The van der Waals surface area contributed by atoms with Gasteiger partial charge in [-0.15, -0.1) is 0 Å². The Morgan fingerprint density at radius 2 is 1.73 bits per heavy atom. The fourth-order valence-electron chi connectivity index (χ4n) is 3.81. The Morgan fingerprint density at radius 3 is 2.38 bits per heavy atom. The Bertz CT molecular complexity index is 681. The highest BCUT2D eigenvalue weighted by Crippen LogP contribution is 2.34. The van der Waals surface area contributed by atoms with Crippen LogP contribution in [0.5, 0.6) is 0 Å². The maximum absolute atomic E-state index is 5.01. The molecule has 3 nitrogen and oxygen atoms in total. The summed E-state index contributed by atoms with van der Waals surface area (Å²) in [5.41, 5.74) is 2.61. The number of rotatable bonds is 8. The zero-order valence-electron chi connectivity index (χ0n) is 16.1. The molecule has 0 saturated carbocycles. The maximum Gasteiger partial charge on any atom is 0.121 e. The summed E-state index contributed by atoms with van der Waals surface area (Å²) in [6, 6.07) is 22.3. The molecular formula is C23H31N3. The van der Waals surface area contributed by atoms with Crippen LogP contribution >= 0.6 is 0 Å². The number of hydrogen-bond acceptors (Lipinski definition) is 3. The van der Waals surface area contributed by atoms with Gasteiger partial charge in [0.05, 0.1) is 12.1 Å². The van der Waals surface area contributed by atoms with Crippen molar-refractivity contribution in [2.24, 2.45) is 4.99 Å². The topological polar surface area (TPSA) is 27.6 Å². The summed E-state index contributed by atoms with van der Waals surface area (Å²) in [6.07, 6.45) is 4.61. The molecule has 0 amide bonds. The number of para-hydroxylation sites is 1. The second-order valence-electron chi connectivity index (χ2n) is 6.91. The molecule has 1 heterocycles. The van der Waals surface area contributed by atoms with Gasteiger partial charge in [0.1, 0.15) is 5.84 Å². The molecule has 0 radical (unpaired) electrons. The molecule has 0 aliphatic carbocycles. The first-order chi connectivity index (χ1) is 12.8. The number of nitrogens with zero attached hydrogens (tertiary/aromatic N) is 2. The van der Waals surface area contributed by atoms with Crippen molar-refractivity contribution in [2.45, 2.75) is 51.6 Å². The Labute approximate surface area is 158 Å². The number of anilines is 1. The summed E-state index contributed by atoms with van der Waals surface area (Å²) in [5, 5.41) is 3.69. The molecule has 26 heavy (non-hydrogen) atoms. The molecule has 2 aromatic rings. The van der Waals surface area contributed by atoms with E-state index in [1.807, 2.05) is 0 Å². The fraction of sp³-hybridized carbons (Fsp3) is 0.435. The number of hydrogen-bond donors (Lipinski definition) is 1. The first-order valence-corrected chi connectivity index (χ1v) is 10.0. The van der Waals surface area contributed by atoms with Crippen molar-refractivity contribution in [2.75, 3.05) is 18.0 Å². The molecule has 0 bridgehead atoms. The van der Waals surface area contributed by atoms with Gasteiger partial charge in [0.2, 0.25) is 0 Å². The van der Waals surface area contributed by atoms with Crippen LogP contribution in [0.15, 0.2) is 65.7 Å². The number of aliphatic imine (C=N–C) groups is 1. The van der Waals surface area contributed by atoms with Crippen molar-refractivity contribution < 1.29 is 0 Å². The summed E-state index contributed by atoms with van der Waals surface area (Å²) >= 11 is 0. The molecule has 3 rings (SSSR count). The summed E-state index contributed by atoms with van der Waals surface area (Å²) in [7, 11) is 0. The van der Waals surface area contributed by atoms with Crippen molar-refractivity contribution in [3.8, 4) is 0 Å². The predicted octanol–water partition coefficient (Wildman–Crippen LogP) is 5.20. The van der Waals surface area contributed by atoms with Crippen LogP contribution in [0.25, 0.3) is 0 Å². The Morgan fingerprint density at radius 1 is 1.04 bits per heavy atom. The number of unbranched alkanes of at least 4 members (excludes halogenated alkanes) is 1. The van der Waals surface area contributed by atoms with Crippen LogP contribution in [0.2, 0.25) is 0 Å². The van der Waals surface area contributed by atoms with E-state index in [1.165, 1.54) is 29.9 Å². The lowest BCUT2D eigenvalue weighted by Gasteiger charge is -2.40. The summed E-state index contributed by atoms with van der Waals surface area (Å²) in [6.45, 7) is 6.30. The third kappa shape index (κ3) is 4.34. The van der Waals surface area contributed by atoms with Crippen molar-refractivity contribution in [1.82, 2.24) is 5.32 Å². The molecule has 0 fully saturated rings. The smallest absolute Gasteiger partial charge is 0.121 e. The minimum atomic E-state index is 0.312. The summed E-state index contributed by atoms with van der Waals surface area (Å²) in [4.78, 5) is 7.49. The molecule has 1 aliphatic heterocycles. The minimum Gasteiger partial charge on any atom is -0.321 e. The fourth-order valence-corrected chi connectivity index (χ4v) is 3.81. The van der Waals surface area contributed by atoms with Gasteiger partial charge >= 0.3 is 0 Å². The van der Waals surface area contributed by atoms with Gasteiger partial charge in [-0.1, -0.05) is 75.2 Å². The minimum absolute atomic E-state index is 0.312. The molecule has 3 heteroatoms. The van der Waals surface area contributed by atoms with Crippen LogP contribution in [0.3, 0.4) is 0 Å². The van der Waals surface area contributed by atoms with Gasteiger partial charge in [-0.3, -0.25) is 4.99 Å². The van der Waals surface area contributed by atoms with Crippen molar-refractivity contribution in [3.63, 3.8) is 0 Å². The number of benzene rings is 2. The Kier molecular flexibility index (Phi) is 6.84. The van der Waals surface area contributed by atoms with Gasteiger partial charge in [-0.05, 0) is 37.1 Å². The highest BCUT2D eigenvalue weighted by Gasteiger charge is 2.32. The second-order valence-corrected chi connectivity index (χ2v) is 6.91. The van der Waals surface area contributed by atoms with E-state index in [-0.39, 0.29) is 0 Å². The largest absolute Gasteiger partial charge is 0.321 e. The van der Waals surface area contributed by atoms with Gasteiger partial charge in [0.15, 0.2) is 0 Å². The van der Waals surface area contributed by atoms with Crippen LogP contribution in [-0.2, 0) is 0 Å². The number of nitrogens with one attached hydrogen (secondary N) is 1. The molecule has 2 aromatic carbocycles. The van der Waals surface area contributed by atoms with Gasteiger partial charge < -0.3 is 10.2 Å². The van der Waals surface area contributed by atoms with Crippen LogP contribution in [0, 0.1) is 0 Å². The first-order valence-electron chi connectivity index (χ1n) is 10.0. The van der Waals surface area contributed by atoms with E-state index in [1.54, 1.807) is 0 Å². The highest BCUT2D eigenvalue weighted by atomic mass is 15.3. The van der Waals surface area contributed by atoms with Crippen molar-refractivity contribution >= 4 is 11.5 Å². The van der Waals surface area contributed by atoms with E-state index in [4.69, 9.17) is 4.99 Å². The molecule has 1 aliphatic rings. The molecule has 0 aromatic heterocycles. The van der Waals surface area contributed by atoms with E-state index in [0.29, 0.717) is 12.1 Å². The van der Waals surface area contributed by atoms with Crippen molar-refractivity contribution in [1.29, 1.82) is 0 Å². The Balaban J connectivity index is 1.99. The van der Waals surface area contributed by atoms with E-state index in [0.717, 1.165) is 25.9 Å². The predicted molar refractivity (Wildman–Crippen MR) is 112 cm³/mol. The first kappa shape index (κ1) is 18.7. The van der Waals surface area contributed by atoms with Crippen molar-refractivity contribution in [3.05, 3.63) is 66.2 Å². The zero-order chi connectivity index (χ0) is 18.2. The zero-order valence-corrected chi connectivity index (χ0v) is 16.1. The van der Waals surface area contributed by atoms with Crippen LogP contribution in [0.1, 0.15) is 51.1 Å². The monoisotopic (exact) mass is 349 g/mol. The van der Waals surface area contributed by atoms with Crippen LogP contribution in [0.4, 0.5) is 5.69 Å². The molecule has 1 N–H and O–H groups in total. The Hall–Kier alpha value is -2.13. The number of likely N-dealkylation sites (N-methyl/N-ethyl adjacent to an activating group) is 1. The lowest BCUT2D eigenvalue weighted by atomic mass is 9.96. The normalized spacial score (nSPS) is 18.5. The van der Waals surface area contributed by atoms with E-state index >= 15 is 0 Å². The molecule has 0 spiro atoms. The third-order valence-corrected chi connectivity index (χ3v) is 5.06. The SMILES string of the molecule is CCCCC(NCC)C1=NCCC(c2ccccc2)N1c1ccccc1. The van der Waals surface area contributed by atoms with Crippen LogP contribution in [-0.4, -0.2) is 25.0 Å². The highest BCUT2D eigenvalue weighted by molar-refractivity contribution is 6.02. The molecule has 138 valence electrons. The summed E-state index contributed by atoms with van der Waals surface area (Å²) in [5.74, 6) is 1.20. The molecule has 2 unspecified atom stereocenters. The summed E-state index contributed by atoms with van der Waals surface area (Å²) < 4.78 is 0. The van der Waals surface area contributed by atoms with Gasteiger partial charge in [0.25, 0.3) is 0 Å². The quantitative estimate of drug-likeness (QED) is 0.709. The van der Waals surface area contributed by atoms with Crippen LogP contribution < -0.4 is 10.2 Å². The molecule has 2 atom stereocenters. The van der Waals surface area contributed by atoms with Gasteiger partial charge in [-0.2, -0.15) is 0 Å². The second kappa shape index (κ2) is 9.54. The molecular weight excluding hydrogens is 318 g/mol. The standard InChI is InChI=1S/C23H31N3/c1-3-5-16-21(24-4-2)23-25-18-17-22(19-12-8-6-9-13-19)26(23)20-14-10-7-11-15-20/h6-15,21-22,24H,3-5,16-18H2,1-2H3. The number of amidine groups is 1. The van der Waals surface area contributed by atoms with E-state index in [9.17, 15) is 0 Å². The van der Waals surface area contributed by atoms with Gasteiger partial charge in [0, 0.05) is 12.2 Å². The maximum atomic E-state index is 5.01. The lowest BCUT2D eigenvalue weighted by Crippen LogP contribution is -2.50. The van der Waals surface area contributed by atoms with Gasteiger partial charge in [-0.25, -0.2) is 0 Å². The molecule has 0 saturated heterocycles. The average Bonchev–Trinajstić information content (AvgIpc) is 2.72. The average molecular weight is 350 g/mol. The lowest BCUT2D eigenvalue weighted by molar-refractivity contribution is 0.535.